The van der Waals surface area contributed by atoms with Crippen LogP contribution in [0.4, 0.5) is 0 Å². The Kier molecular flexibility index (Phi) is 2.61. The topological polar surface area (TPSA) is 40.5 Å². The van der Waals surface area contributed by atoms with E-state index in [0.29, 0.717) is 6.42 Å². The molecule has 0 amide bonds. The lowest BCUT2D eigenvalue weighted by atomic mass is 9.98. The van der Waals surface area contributed by atoms with Crippen LogP contribution in [0.2, 0.25) is 0 Å². The smallest absolute Gasteiger partial charge is 0.160 e. The van der Waals surface area contributed by atoms with Gasteiger partial charge in [0.2, 0.25) is 0 Å². The van der Waals surface area contributed by atoms with Gasteiger partial charge in [0.1, 0.15) is 0 Å². The van der Waals surface area contributed by atoms with Crippen LogP contribution in [-0.4, -0.2) is 10.2 Å². The average Bonchev–Trinajstić information content (AvgIpc) is 2.09. The Hall–Kier alpha value is -1.44. The molecule has 2 nitrogen and oxygen atoms in total. The number of allylic oxidation sites excluding steroid dienone is 1. The number of hydrogen-bond donors (Lipinski definition) is 2. The van der Waals surface area contributed by atoms with Gasteiger partial charge in [-0.3, -0.25) is 0 Å². The fourth-order valence-electron chi connectivity index (χ4n) is 1.45. The largest absolute Gasteiger partial charge is 0.504 e. The van der Waals surface area contributed by atoms with Crippen LogP contribution in [-0.2, 0) is 6.42 Å². The molecular weight excluding hydrogens is 164 g/mol. The molecule has 1 rings (SSSR count). The molecule has 70 valence electrons. The number of rotatable bonds is 2. The van der Waals surface area contributed by atoms with E-state index < -0.39 is 0 Å². The second kappa shape index (κ2) is 3.52. The third kappa shape index (κ3) is 1.66. The maximum absolute atomic E-state index is 9.45. The highest BCUT2D eigenvalue weighted by molar-refractivity contribution is 5.52. The molecule has 1 aromatic rings. The van der Waals surface area contributed by atoms with Crippen LogP contribution in [0.5, 0.6) is 11.5 Å². The second-order valence-corrected chi connectivity index (χ2v) is 3.16. The average molecular weight is 178 g/mol. The van der Waals surface area contributed by atoms with Crippen LogP contribution in [0.3, 0.4) is 0 Å². The fourth-order valence-corrected chi connectivity index (χ4v) is 1.45. The molecule has 0 aliphatic carbocycles. The lowest BCUT2D eigenvalue weighted by Gasteiger charge is -2.10. The van der Waals surface area contributed by atoms with E-state index in [2.05, 4.69) is 6.58 Å². The van der Waals surface area contributed by atoms with Crippen molar-refractivity contribution in [3.63, 3.8) is 0 Å². The second-order valence-electron chi connectivity index (χ2n) is 3.16. The summed E-state index contributed by atoms with van der Waals surface area (Å²) in [6, 6.07) is 1.57. The quantitative estimate of drug-likeness (QED) is 0.539. The molecule has 0 bridgehead atoms. The summed E-state index contributed by atoms with van der Waals surface area (Å²) >= 11 is 0. The third-order valence-corrected chi connectivity index (χ3v) is 2.23. The van der Waals surface area contributed by atoms with E-state index in [1.54, 1.807) is 19.1 Å². The molecule has 0 atom stereocenters. The fraction of sp³-hybridized carbons (Fsp3) is 0.273. The summed E-state index contributed by atoms with van der Waals surface area (Å²) < 4.78 is 0. The number of phenols is 2. The molecule has 0 saturated heterocycles. The highest BCUT2D eigenvalue weighted by atomic mass is 16.3. The first-order chi connectivity index (χ1) is 6.07. The first-order valence-corrected chi connectivity index (χ1v) is 4.19. The molecule has 2 heteroatoms. The van der Waals surface area contributed by atoms with Gasteiger partial charge < -0.3 is 10.2 Å². The number of benzene rings is 1. The van der Waals surface area contributed by atoms with Gasteiger partial charge in [0.25, 0.3) is 0 Å². The Labute approximate surface area is 78.2 Å². The molecule has 2 N–H and O–H groups in total. The van der Waals surface area contributed by atoms with Gasteiger partial charge in [-0.2, -0.15) is 0 Å². The zero-order chi connectivity index (χ0) is 10.0. The Balaban J connectivity index is 3.34. The summed E-state index contributed by atoms with van der Waals surface area (Å²) in [5, 5.41) is 18.8. The number of aromatic hydroxyl groups is 2. The number of phenolic OH excluding ortho intramolecular Hbond substituents is 2. The zero-order valence-corrected chi connectivity index (χ0v) is 7.96. The molecule has 13 heavy (non-hydrogen) atoms. The molecule has 0 aromatic heterocycles. The molecule has 0 saturated carbocycles. The number of hydrogen-bond acceptors (Lipinski definition) is 2. The summed E-state index contributed by atoms with van der Waals surface area (Å²) in [6.45, 7) is 7.35. The van der Waals surface area contributed by atoms with Gasteiger partial charge in [-0.25, -0.2) is 0 Å². The summed E-state index contributed by atoms with van der Waals surface area (Å²) in [7, 11) is 0. The highest BCUT2D eigenvalue weighted by Gasteiger charge is 2.09. The molecule has 0 fully saturated rings. The van der Waals surface area contributed by atoms with Gasteiger partial charge in [-0.05, 0) is 43.0 Å². The maximum Gasteiger partial charge on any atom is 0.160 e. The van der Waals surface area contributed by atoms with E-state index in [0.717, 1.165) is 16.7 Å². The lowest BCUT2D eigenvalue weighted by molar-refractivity contribution is 0.400. The van der Waals surface area contributed by atoms with E-state index in [-0.39, 0.29) is 11.5 Å². The zero-order valence-electron chi connectivity index (χ0n) is 7.96. The van der Waals surface area contributed by atoms with Gasteiger partial charge in [0.15, 0.2) is 11.5 Å². The highest BCUT2D eigenvalue weighted by Crippen LogP contribution is 2.33. The van der Waals surface area contributed by atoms with Crippen molar-refractivity contribution in [1.82, 2.24) is 0 Å². The Morgan fingerprint density at radius 2 is 2.00 bits per heavy atom. The predicted molar refractivity (Wildman–Crippen MR) is 53.1 cm³/mol. The van der Waals surface area contributed by atoms with Crippen LogP contribution in [0, 0.1) is 13.8 Å². The molecular formula is C11H14O2. The first kappa shape index (κ1) is 9.65. The molecule has 0 aliphatic rings. The predicted octanol–water partition coefficient (Wildman–Crippen LogP) is 2.44. The lowest BCUT2D eigenvalue weighted by Crippen LogP contribution is -1.92. The summed E-state index contributed by atoms with van der Waals surface area (Å²) in [5.74, 6) is -0.0785. The van der Waals surface area contributed by atoms with Crippen LogP contribution in [0.15, 0.2) is 18.7 Å². The van der Waals surface area contributed by atoms with Crippen molar-refractivity contribution in [2.75, 3.05) is 0 Å². The summed E-state index contributed by atoms with van der Waals surface area (Å²) in [6.07, 6.45) is 2.50. The molecule has 1 aromatic carbocycles. The van der Waals surface area contributed by atoms with Gasteiger partial charge in [0.05, 0.1) is 0 Å². The SMILES string of the molecule is C=CCc1c(C)cc(O)c(O)c1C. The van der Waals surface area contributed by atoms with Crippen molar-refractivity contribution in [1.29, 1.82) is 0 Å². The first-order valence-electron chi connectivity index (χ1n) is 4.19. The van der Waals surface area contributed by atoms with Crippen LogP contribution in [0.25, 0.3) is 0 Å². The molecule has 0 heterocycles. The van der Waals surface area contributed by atoms with E-state index >= 15 is 0 Å². The minimum Gasteiger partial charge on any atom is -0.504 e. The monoisotopic (exact) mass is 178 g/mol. The van der Waals surface area contributed by atoms with Gasteiger partial charge >= 0.3 is 0 Å². The molecule has 0 aliphatic heterocycles. The van der Waals surface area contributed by atoms with E-state index in [9.17, 15) is 10.2 Å². The van der Waals surface area contributed by atoms with Gasteiger partial charge in [-0.15, -0.1) is 6.58 Å². The van der Waals surface area contributed by atoms with Crippen molar-refractivity contribution in [3.05, 3.63) is 35.4 Å². The van der Waals surface area contributed by atoms with E-state index in [1.165, 1.54) is 0 Å². The number of aryl methyl sites for hydroxylation is 1. The molecule has 0 radical (unpaired) electrons. The van der Waals surface area contributed by atoms with E-state index in [1.807, 2.05) is 6.92 Å². The summed E-state index contributed by atoms with van der Waals surface area (Å²) in [4.78, 5) is 0. The van der Waals surface area contributed by atoms with Crippen molar-refractivity contribution in [2.45, 2.75) is 20.3 Å². The Morgan fingerprint density at radius 1 is 1.38 bits per heavy atom. The van der Waals surface area contributed by atoms with Crippen LogP contribution < -0.4 is 0 Å². The molecule has 0 spiro atoms. The van der Waals surface area contributed by atoms with Gasteiger partial charge in [-0.1, -0.05) is 6.08 Å². The van der Waals surface area contributed by atoms with Crippen LogP contribution in [0.1, 0.15) is 16.7 Å². The third-order valence-electron chi connectivity index (χ3n) is 2.23. The van der Waals surface area contributed by atoms with Crippen LogP contribution >= 0.6 is 0 Å². The normalized spacial score (nSPS) is 10.0. The van der Waals surface area contributed by atoms with Crippen molar-refractivity contribution >= 4 is 0 Å². The minimum absolute atomic E-state index is 0.0255. The summed E-state index contributed by atoms with van der Waals surface area (Å²) in [5.41, 5.74) is 2.75. The van der Waals surface area contributed by atoms with Gasteiger partial charge in [0, 0.05) is 0 Å². The van der Waals surface area contributed by atoms with Crippen molar-refractivity contribution < 1.29 is 10.2 Å². The Bertz CT molecular complexity index is 340. The van der Waals surface area contributed by atoms with Crippen molar-refractivity contribution in [2.24, 2.45) is 0 Å². The Morgan fingerprint density at radius 3 is 2.54 bits per heavy atom. The standard InChI is InChI=1S/C11H14O2/c1-4-5-9-7(2)6-10(12)11(13)8(9)3/h4,6,12-13H,1,5H2,2-3H3. The maximum atomic E-state index is 9.45. The van der Waals surface area contributed by atoms with Crippen molar-refractivity contribution in [3.8, 4) is 11.5 Å². The molecule has 0 unspecified atom stereocenters. The van der Waals surface area contributed by atoms with E-state index in [4.69, 9.17) is 0 Å². The minimum atomic E-state index is -0.0530.